The van der Waals surface area contributed by atoms with Gasteiger partial charge in [-0.3, -0.25) is 9.69 Å². The predicted molar refractivity (Wildman–Crippen MR) is 138 cm³/mol. The summed E-state index contributed by atoms with van der Waals surface area (Å²) >= 11 is 0. The van der Waals surface area contributed by atoms with Crippen molar-refractivity contribution in [1.29, 1.82) is 0 Å². The Kier molecular flexibility index (Phi) is 10.3. The fraction of sp³-hybridized carbons (Fsp3) is 0.310. The molecule has 0 radical (unpaired) electrons. The quantitative estimate of drug-likeness (QED) is 0.280. The van der Waals surface area contributed by atoms with Crippen molar-refractivity contribution in [1.82, 2.24) is 4.90 Å². The van der Waals surface area contributed by atoms with Gasteiger partial charge >= 0.3 is 11.9 Å². The van der Waals surface area contributed by atoms with E-state index < -0.39 is 11.9 Å². The molecule has 0 aliphatic heterocycles. The molecule has 3 aromatic carbocycles. The molecule has 0 saturated heterocycles. The minimum absolute atomic E-state index is 0.156. The Morgan fingerprint density at radius 2 is 1.53 bits per heavy atom. The van der Waals surface area contributed by atoms with E-state index in [0.29, 0.717) is 19.6 Å². The normalized spacial score (nSPS) is 10.8. The van der Waals surface area contributed by atoms with Gasteiger partial charge in [0.2, 0.25) is 0 Å². The van der Waals surface area contributed by atoms with E-state index in [1.54, 1.807) is 19.2 Å². The maximum Gasteiger partial charge on any atom is 0.335 e. The molecule has 3 aromatic rings. The number of carbonyl (C=O) groups is 2. The molecule has 0 saturated carbocycles. The van der Waals surface area contributed by atoms with Crippen LogP contribution in [0.2, 0.25) is 0 Å². The third-order valence-electron chi connectivity index (χ3n) is 5.95. The molecule has 36 heavy (non-hydrogen) atoms. The topological polar surface area (TPSA) is 96.3 Å². The van der Waals surface area contributed by atoms with Crippen LogP contribution in [0.25, 0.3) is 0 Å². The molecule has 0 aliphatic rings. The molecule has 0 aliphatic carbocycles. The van der Waals surface area contributed by atoms with Gasteiger partial charge in [-0.05, 0) is 72.8 Å². The predicted octanol–water partition coefficient (Wildman–Crippen LogP) is 5.27. The van der Waals surface area contributed by atoms with Crippen molar-refractivity contribution < 1.29 is 29.3 Å². The molecule has 0 bridgehead atoms. The Morgan fingerprint density at radius 3 is 2.19 bits per heavy atom. The zero-order valence-electron chi connectivity index (χ0n) is 20.6. The first-order valence-electron chi connectivity index (χ1n) is 12.0. The number of aromatic carboxylic acids is 1. The van der Waals surface area contributed by atoms with E-state index in [4.69, 9.17) is 19.7 Å². The van der Waals surface area contributed by atoms with E-state index in [1.807, 2.05) is 54.6 Å². The maximum absolute atomic E-state index is 11.2. The number of hydrogen-bond donors (Lipinski definition) is 2. The fourth-order valence-electron chi connectivity index (χ4n) is 3.91. The summed E-state index contributed by atoms with van der Waals surface area (Å²) in [6.45, 7) is 2.62. The van der Waals surface area contributed by atoms with E-state index in [0.717, 1.165) is 54.1 Å². The van der Waals surface area contributed by atoms with Crippen molar-refractivity contribution in [2.24, 2.45) is 0 Å². The molecule has 0 fully saturated rings. The van der Waals surface area contributed by atoms with E-state index >= 15 is 0 Å². The Morgan fingerprint density at radius 1 is 0.833 bits per heavy atom. The zero-order chi connectivity index (χ0) is 25.8. The minimum Gasteiger partial charge on any atom is -0.497 e. The number of carboxylic acid groups (broad SMARTS) is 2. The van der Waals surface area contributed by atoms with Gasteiger partial charge in [0, 0.05) is 19.5 Å². The van der Waals surface area contributed by atoms with Crippen molar-refractivity contribution >= 4 is 11.9 Å². The number of hydrogen-bond acceptors (Lipinski definition) is 5. The maximum atomic E-state index is 11.2. The van der Waals surface area contributed by atoms with E-state index in [2.05, 4.69) is 11.0 Å². The molecular weight excluding hydrogens is 458 g/mol. The summed E-state index contributed by atoms with van der Waals surface area (Å²) in [6.07, 6.45) is 2.31. The molecule has 3 rings (SSSR count). The van der Waals surface area contributed by atoms with Gasteiger partial charge < -0.3 is 19.7 Å². The highest BCUT2D eigenvalue weighted by Gasteiger charge is 2.11. The molecule has 7 nitrogen and oxygen atoms in total. The summed E-state index contributed by atoms with van der Waals surface area (Å²) in [5, 5.41) is 18.1. The van der Waals surface area contributed by atoms with Crippen LogP contribution < -0.4 is 9.47 Å². The lowest BCUT2D eigenvalue weighted by molar-refractivity contribution is -0.137. The summed E-state index contributed by atoms with van der Waals surface area (Å²) in [4.78, 5) is 24.3. The second-order valence-corrected chi connectivity index (χ2v) is 8.62. The molecule has 190 valence electrons. The molecular formula is C29H33NO6. The Hall–Kier alpha value is -3.84. The van der Waals surface area contributed by atoms with Gasteiger partial charge in [-0.2, -0.15) is 0 Å². The number of ether oxygens (including phenoxy) is 2. The fourth-order valence-corrected chi connectivity index (χ4v) is 3.91. The summed E-state index contributed by atoms with van der Waals surface area (Å²) in [6, 6.07) is 22.7. The first-order chi connectivity index (χ1) is 17.4. The summed E-state index contributed by atoms with van der Waals surface area (Å²) in [5.74, 6) is -0.0859. The molecule has 2 N–H and O–H groups in total. The summed E-state index contributed by atoms with van der Waals surface area (Å²) in [5.41, 5.74) is 3.43. The van der Waals surface area contributed by atoms with Crippen LogP contribution in [-0.2, 0) is 24.4 Å². The average Bonchev–Trinajstić information content (AvgIpc) is 2.89. The van der Waals surface area contributed by atoms with E-state index in [1.165, 1.54) is 0 Å². The number of methoxy groups -OCH3 is 1. The van der Waals surface area contributed by atoms with Crippen LogP contribution in [0.5, 0.6) is 11.5 Å². The minimum atomic E-state index is -0.946. The number of unbranched alkanes of at least 4 members (excludes halogenated alkanes) is 1. The van der Waals surface area contributed by atoms with Crippen LogP contribution in [0.15, 0.2) is 72.8 Å². The molecule has 0 aromatic heterocycles. The number of nitrogens with zero attached hydrogens (tertiary/aromatic N) is 1. The lowest BCUT2D eigenvalue weighted by Crippen LogP contribution is -2.27. The molecule has 7 heteroatoms. The van der Waals surface area contributed by atoms with E-state index in [9.17, 15) is 9.59 Å². The Labute approximate surface area is 211 Å². The number of rotatable bonds is 15. The van der Waals surface area contributed by atoms with Gasteiger partial charge in [-0.25, -0.2) is 4.79 Å². The lowest BCUT2D eigenvalue weighted by Gasteiger charge is -2.23. The molecule has 0 amide bonds. The van der Waals surface area contributed by atoms with E-state index in [-0.39, 0.29) is 12.0 Å². The standard InChI is InChI=1S/C29H33NO6/c1-35-26-15-11-23(12-16-26)21-36-27-7-3-2-6-24(27)17-19-30(18-5-4-8-28(31)32)20-22-9-13-25(14-10-22)29(33)34/h2-3,6-7,9-16H,4-5,8,17-21H2,1H3,(H,31,32)(H,33,34). The van der Waals surface area contributed by atoms with Gasteiger partial charge in [0.25, 0.3) is 0 Å². The largest absolute Gasteiger partial charge is 0.497 e. The highest BCUT2D eigenvalue weighted by Crippen LogP contribution is 2.22. The van der Waals surface area contributed by atoms with Crippen molar-refractivity contribution in [2.45, 2.75) is 38.8 Å². The van der Waals surface area contributed by atoms with Crippen LogP contribution >= 0.6 is 0 Å². The summed E-state index contributed by atoms with van der Waals surface area (Å²) < 4.78 is 11.3. The van der Waals surface area contributed by atoms with Crippen LogP contribution in [0.3, 0.4) is 0 Å². The second kappa shape index (κ2) is 13.9. The SMILES string of the molecule is COc1ccc(COc2ccccc2CCN(CCCCC(=O)O)Cc2ccc(C(=O)O)cc2)cc1. The van der Waals surface area contributed by atoms with Crippen molar-refractivity contribution in [3.63, 3.8) is 0 Å². The van der Waals surface area contributed by atoms with Crippen LogP contribution in [-0.4, -0.2) is 47.3 Å². The van der Waals surface area contributed by atoms with Gasteiger partial charge in [0.15, 0.2) is 0 Å². The average molecular weight is 492 g/mol. The van der Waals surface area contributed by atoms with Gasteiger partial charge in [-0.15, -0.1) is 0 Å². The molecule has 0 unspecified atom stereocenters. The van der Waals surface area contributed by atoms with Crippen molar-refractivity contribution in [3.8, 4) is 11.5 Å². The number of para-hydroxylation sites is 1. The number of carboxylic acids is 2. The molecule has 0 spiro atoms. The first-order valence-corrected chi connectivity index (χ1v) is 12.0. The number of aliphatic carboxylic acids is 1. The first kappa shape index (κ1) is 26.8. The van der Waals surface area contributed by atoms with Gasteiger partial charge in [-0.1, -0.05) is 42.5 Å². The highest BCUT2D eigenvalue weighted by molar-refractivity contribution is 5.87. The molecule has 0 atom stereocenters. The van der Waals surface area contributed by atoms with Crippen molar-refractivity contribution in [2.75, 3.05) is 20.2 Å². The van der Waals surface area contributed by atoms with Crippen LogP contribution in [0, 0.1) is 0 Å². The van der Waals surface area contributed by atoms with Gasteiger partial charge in [0.05, 0.1) is 12.7 Å². The van der Waals surface area contributed by atoms with Gasteiger partial charge in [0.1, 0.15) is 18.1 Å². The zero-order valence-corrected chi connectivity index (χ0v) is 20.6. The summed E-state index contributed by atoms with van der Waals surface area (Å²) in [7, 11) is 1.64. The smallest absolute Gasteiger partial charge is 0.335 e. The molecule has 0 heterocycles. The monoisotopic (exact) mass is 491 g/mol. The lowest BCUT2D eigenvalue weighted by atomic mass is 10.1. The van der Waals surface area contributed by atoms with Crippen molar-refractivity contribution in [3.05, 3.63) is 95.1 Å². The number of benzene rings is 3. The Balaban J connectivity index is 1.63. The van der Waals surface area contributed by atoms with Crippen LogP contribution in [0.1, 0.15) is 46.3 Å². The van der Waals surface area contributed by atoms with Crippen LogP contribution in [0.4, 0.5) is 0 Å². The third-order valence-corrected chi connectivity index (χ3v) is 5.95. The third kappa shape index (κ3) is 8.74. The Bertz CT molecular complexity index is 1110. The highest BCUT2D eigenvalue weighted by atomic mass is 16.5. The second-order valence-electron chi connectivity index (χ2n) is 8.62.